The van der Waals surface area contributed by atoms with Crippen molar-refractivity contribution in [2.24, 2.45) is 10.8 Å². The number of nitrogens with zero attached hydrogens (tertiary/aromatic N) is 2. The third kappa shape index (κ3) is 4.42. The van der Waals surface area contributed by atoms with Gasteiger partial charge in [0, 0.05) is 11.3 Å². The summed E-state index contributed by atoms with van der Waals surface area (Å²) in [5, 5.41) is 22.7. The monoisotopic (exact) mass is 334 g/mol. The van der Waals surface area contributed by atoms with Crippen molar-refractivity contribution in [2.45, 2.75) is 13.8 Å². The molecule has 25 heavy (non-hydrogen) atoms. The first kappa shape index (κ1) is 17.7. The summed E-state index contributed by atoms with van der Waals surface area (Å²) < 4.78 is 0. The molecule has 0 fully saturated rings. The summed E-state index contributed by atoms with van der Waals surface area (Å²) >= 11 is 0. The predicted molar refractivity (Wildman–Crippen MR) is 98.9 cm³/mol. The van der Waals surface area contributed by atoms with E-state index in [1.165, 1.54) is 0 Å². The van der Waals surface area contributed by atoms with E-state index >= 15 is 0 Å². The molecule has 0 aliphatic rings. The Morgan fingerprint density at radius 1 is 1.20 bits per heavy atom. The third-order valence-corrected chi connectivity index (χ3v) is 3.50. The molecule has 0 aliphatic carbocycles. The number of para-hydroxylation sites is 1. The van der Waals surface area contributed by atoms with Crippen LogP contribution in [-0.2, 0) is 0 Å². The number of nitrogens with two attached hydrogens (primary N) is 1. The van der Waals surface area contributed by atoms with Crippen molar-refractivity contribution in [1.82, 2.24) is 0 Å². The third-order valence-electron chi connectivity index (χ3n) is 3.50. The van der Waals surface area contributed by atoms with Crippen LogP contribution in [0.15, 0.2) is 47.6 Å². The van der Waals surface area contributed by atoms with Crippen LogP contribution >= 0.6 is 0 Å². The average Bonchev–Trinajstić information content (AvgIpc) is 2.58. The standard InChI is InChI=1S/C18H18N6O/c1-11-5-3-6-12(2)16(11)22-18(25)13-7-4-8-14(9-13)23-24-15(10-19)17(20)21/h3-9,23H,1-2H3,(H3,20,21)(H,22,25)/b24-15+. The molecule has 2 aromatic rings. The van der Waals surface area contributed by atoms with Gasteiger partial charge in [0.15, 0.2) is 5.84 Å². The fourth-order valence-corrected chi connectivity index (χ4v) is 2.19. The Balaban J connectivity index is 2.20. The summed E-state index contributed by atoms with van der Waals surface area (Å²) in [5.41, 5.74) is 11.3. The lowest BCUT2D eigenvalue weighted by Crippen LogP contribution is -2.21. The molecular formula is C18H18N6O. The molecule has 0 aliphatic heterocycles. The number of aryl methyl sites for hydroxylation is 2. The molecule has 0 saturated heterocycles. The lowest BCUT2D eigenvalue weighted by atomic mass is 10.1. The van der Waals surface area contributed by atoms with Crippen LogP contribution in [0.1, 0.15) is 21.5 Å². The number of nitrogens with one attached hydrogen (secondary N) is 3. The zero-order valence-corrected chi connectivity index (χ0v) is 13.9. The molecule has 7 heteroatoms. The largest absolute Gasteiger partial charge is 0.382 e. The zero-order chi connectivity index (χ0) is 18.4. The van der Waals surface area contributed by atoms with E-state index < -0.39 is 5.84 Å². The van der Waals surface area contributed by atoms with E-state index in [1.54, 1.807) is 30.3 Å². The maximum Gasteiger partial charge on any atom is 0.255 e. The van der Waals surface area contributed by atoms with Crippen molar-refractivity contribution >= 4 is 28.8 Å². The van der Waals surface area contributed by atoms with E-state index in [4.69, 9.17) is 16.4 Å². The summed E-state index contributed by atoms with van der Waals surface area (Å²) in [6, 6.07) is 14.2. The highest BCUT2D eigenvalue weighted by Gasteiger charge is 2.10. The average molecular weight is 334 g/mol. The number of hydrazone groups is 1. The number of amides is 1. The second-order valence-electron chi connectivity index (χ2n) is 5.40. The van der Waals surface area contributed by atoms with Gasteiger partial charge in [-0.15, -0.1) is 0 Å². The Morgan fingerprint density at radius 2 is 1.84 bits per heavy atom. The first-order valence-corrected chi connectivity index (χ1v) is 7.48. The fourth-order valence-electron chi connectivity index (χ4n) is 2.19. The van der Waals surface area contributed by atoms with Gasteiger partial charge in [-0.3, -0.25) is 15.6 Å². The molecule has 1 amide bonds. The highest BCUT2D eigenvalue weighted by molar-refractivity contribution is 6.45. The van der Waals surface area contributed by atoms with Gasteiger partial charge in [-0.1, -0.05) is 24.3 Å². The van der Waals surface area contributed by atoms with E-state index in [2.05, 4.69) is 15.8 Å². The molecule has 0 heterocycles. The summed E-state index contributed by atoms with van der Waals surface area (Å²) in [4.78, 5) is 12.5. The number of amidine groups is 1. The SMILES string of the molecule is Cc1cccc(C)c1NC(=O)c1cccc(N/N=C(\C#N)C(=N)N)c1. The van der Waals surface area contributed by atoms with Gasteiger partial charge in [-0.05, 0) is 43.2 Å². The van der Waals surface area contributed by atoms with E-state index in [0.29, 0.717) is 11.3 Å². The second-order valence-corrected chi connectivity index (χ2v) is 5.40. The molecule has 2 rings (SSSR count). The van der Waals surface area contributed by atoms with Gasteiger partial charge >= 0.3 is 0 Å². The molecule has 2 aromatic carbocycles. The van der Waals surface area contributed by atoms with Crippen LogP contribution in [0.3, 0.4) is 0 Å². The minimum absolute atomic E-state index is 0.231. The van der Waals surface area contributed by atoms with E-state index in [-0.39, 0.29) is 11.6 Å². The van der Waals surface area contributed by atoms with E-state index in [9.17, 15) is 4.79 Å². The van der Waals surface area contributed by atoms with Gasteiger partial charge in [0.25, 0.3) is 5.91 Å². The van der Waals surface area contributed by atoms with Gasteiger partial charge in [-0.2, -0.15) is 10.4 Å². The minimum atomic E-state index is -0.432. The van der Waals surface area contributed by atoms with Crippen LogP contribution in [0.4, 0.5) is 11.4 Å². The summed E-state index contributed by atoms with van der Waals surface area (Å²) in [7, 11) is 0. The van der Waals surface area contributed by atoms with E-state index in [0.717, 1.165) is 16.8 Å². The first-order valence-electron chi connectivity index (χ1n) is 7.48. The number of rotatable bonds is 5. The van der Waals surface area contributed by atoms with Gasteiger partial charge in [0.2, 0.25) is 5.71 Å². The van der Waals surface area contributed by atoms with Crippen molar-refractivity contribution in [2.75, 3.05) is 10.7 Å². The Kier molecular flexibility index (Phi) is 5.48. The molecule has 0 aromatic heterocycles. The molecule has 0 unspecified atom stereocenters. The highest BCUT2D eigenvalue weighted by atomic mass is 16.1. The number of carbonyl (C=O) groups excluding carboxylic acids is 1. The molecule has 0 bridgehead atoms. The minimum Gasteiger partial charge on any atom is -0.382 e. The lowest BCUT2D eigenvalue weighted by molar-refractivity contribution is 0.102. The number of carbonyl (C=O) groups is 1. The number of benzene rings is 2. The molecule has 5 N–H and O–H groups in total. The van der Waals surface area contributed by atoms with Crippen LogP contribution < -0.4 is 16.5 Å². The van der Waals surface area contributed by atoms with Crippen molar-refractivity contribution in [3.05, 3.63) is 59.2 Å². The maximum absolute atomic E-state index is 12.5. The van der Waals surface area contributed by atoms with Crippen LogP contribution in [0, 0.1) is 30.6 Å². The van der Waals surface area contributed by atoms with E-state index in [1.807, 2.05) is 32.0 Å². The number of nitriles is 1. The van der Waals surface area contributed by atoms with Crippen molar-refractivity contribution in [3.63, 3.8) is 0 Å². The Hall–Kier alpha value is -3.66. The van der Waals surface area contributed by atoms with Crippen LogP contribution in [0.5, 0.6) is 0 Å². The van der Waals surface area contributed by atoms with Crippen molar-refractivity contribution in [1.29, 1.82) is 10.7 Å². The van der Waals surface area contributed by atoms with Crippen LogP contribution in [0.25, 0.3) is 0 Å². The Labute approximate surface area is 145 Å². The smallest absolute Gasteiger partial charge is 0.255 e. The quantitative estimate of drug-likeness (QED) is 0.381. The van der Waals surface area contributed by atoms with Crippen molar-refractivity contribution in [3.8, 4) is 6.07 Å². The highest BCUT2D eigenvalue weighted by Crippen LogP contribution is 2.21. The number of hydrogen-bond acceptors (Lipinski definition) is 5. The summed E-state index contributed by atoms with van der Waals surface area (Å²) in [6.45, 7) is 3.86. The fraction of sp³-hybridized carbons (Fsp3) is 0.111. The molecule has 0 atom stereocenters. The number of anilines is 2. The summed E-state index contributed by atoms with van der Waals surface area (Å²) in [6.07, 6.45) is 0. The molecule has 0 radical (unpaired) electrons. The molecule has 126 valence electrons. The molecule has 7 nitrogen and oxygen atoms in total. The first-order chi connectivity index (χ1) is 11.9. The van der Waals surface area contributed by atoms with Crippen molar-refractivity contribution < 1.29 is 4.79 Å². The lowest BCUT2D eigenvalue weighted by Gasteiger charge is -2.12. The normalized spacial score (nSPS) is 10.7. The number of hydrogen-bond donors (Lipinski definition) is 4. The predicted octanol–water partition coefficient (Wildman–Crippen LogP) is 2.78. The van der Waals surface area contributed by atoms with Gasteiger partial charge < -0.3 is 11.1 Å². The van der Waals surface area contributed by atoms with Gasteiger partial charge in [0.1, 0.15) is 6.07 Å². The molecule has 0 saturated carbocycles. The second kappa shape index (κ2) is 7.75. The summed E-state index contributed by atoms with van der Waals surface area (Å²) in [5.74, 6) is -0.684. The Morgan fingerprint density at radius 3 is 2.44 bits per heavy atom. The topological polar surface area (TPSA) is 127 Å². The van der Waals surface area contributed by atoms with Crippen LogP contribution in [0.2, 0.25) is 0 Å². The zero-order valence-electron chi connectivity index (χ0n) is 13.9. The molecule has 0 spiro atoms. The Bertz CT molecular complexity index is 874. The van der Waals surface area contributed by atoms with Crippen LogP contribution in [-0.4, -0.2) is 17.5 Å². The molecular weight excluding hydrogens is 316 g/mol. The van der Waals surface area contributed by atoms with Gasteiger partial charge in [0.05, 0.1) is 5.69 Å². The van der Waals surface area contributed by atoms with Gasteiger partial charge in [-0.25, -0.2) is 0 Å². The maximum atomic E-state index is 12.5.